The van der Waals surface area contributed by atoms with Gasteiger partial charge in [-0.2, -0.15) is 0 Å². The Balaban J connectivity index is 2.06. The summed E-state index contributed by atoms with van der Waals surface area (Å²) in [5.74, 6) is 1.18. The second-order valence-electron chi connectivity index (χ2n) is 6.51. The molecule has 0 unspecified atom stereocenters. The number of carbonyl (C=O) groups excluding carboxylic acids is 2. The molecule has 0 bridgehead atoms. The van der Waals surface area contributed by atoms with Crippen molar-refractivity contribution in [2.45, 2.75) is 32.7 Å². The van der Waals surface area contributed by atoms with Crippen molar-refractivity contribution in [1.82, 2.24) is 10.2 Å². The summed E-state index contributed by atoms with van der Waals surface area (Å²) in [6.07, 6.45) is 4.12. The quantitative estimate of drug-likeness (QED) is 0.758. The number of benzene rings is 1. The van der Waals surface area contributed by atoms with Crippen molar-refractivity contribution < 1.29 is 19.1 Å². The van der Waals surface area contributed by atoms with Crippen molar-refractivity contribution in [3.8, 4) is 11.5 Å². The summed E-state index contributed by atoms with van der Waals surface area (Å²) in [4.78, 5) is 25.8. The van der Waals surface area contributed by atoms with Gasteiger partial charge in [0, 0.05) is 32.1 Å². The van der Waals surface area contributed by atoms with Crippen LogP contribution in [0.5, 0.6) is 11.5 Å². The Morgan fingerprint density at radius 2 is 2.12 bits per heavy atom. The third kappa shape index (κ3) is 4.77. The maximum Gasteiger partial charge on any atom is 0.225 e. The molecule has 1 aliphatic rings. The van der Waals surface area contributed by atoms with Crippen molar-refractivity contribution in [3.63, 3.8) is 0 Å². The van der Waals surface area contributed by atoms with E-state index in [2.05, 4.69) is 11.9 Å². The molecule has 1 N–H and O–H groups in total. The van der Waals surface area contributed by atoms with Crippen molar-refractivity contribution in [3.05, 3.63) is 35.9 Å². The summed E-state index contributed by atoms with van der Waals surface area (Å²) in [5.41, 5.74) is 1.90. The molecule has 2 amide bonds. The third-order valence-electron chi connectivity index (χ3n) is 4.68. The number of nitrogens with one attached hydrogen (secondary N) is 1. The van der Waals surface area contributed by atoms with Crippen LogP contribution in [0.15, 0.2) is 24.8 Å². The molecule has 0 spiro atoms. The number of hydrogen-bond donors (Lipinski definition) is 1. The number of nitrogens with zero attached hydrogens (tertiary/aromatic N) is 1. The minimum absolute atomic E-state index is 0.0176. The molecule has 0 radical (unpaired) electrons. The van der Waals surface area contributed by atoms with Gasteiger partial charge in [-0.05, 0) is 37.0 Å². The third-order valence-corrected chi connectivity index (χ3v) is 4.68. The van der Waals surface area contributed by atoms with Crippen molar-refractivity contribution in [2.24, 2.45) is 5.92 Å². The van der Waals surface area contributed by atoms with Gasteiger partial charge in [0.15, 0.2) is 11.5 Å². The van der Waals surface area contributed by atoms with Gasteiger partial charge in [-0.15, -0.1) is 6.58 Å². The highest BCUT2D eigenvalue weighted by Crippen LogP contribution is 2.33. The molecule has 0 aliphatic carbocycles. The first-order valence-electron chi connectivity index (χ1n) is 8.88. The van der Waals surface area contributed by atoms with Gasteiger partial charge in [-0.3, -0.25) is 9.59 Å². The van der Waals surface area contributed by atoms with Crippen LogP contribution in [0.2, 0.25) is 0 Å². The molecule has 1 heterocycles. The normalized spacial score (nSPS) is 16.7. The van der Waals surface area contributed by atoms with E-state index in [1.807, 2.05) is 12.1 Å². The summed E-state index contributed by atoms with van der Waals surface area (Å²) in [7, 11) is 3.20. The molecule has 142 valence electrons. The van der Waals surface area contributed by atoms with E-state index in [4.69, 9.17) is 9.47 Å². The Bertz CT molecular complexity index is 672. The van der Waals surface area contributed by atoms with Crippen LogP contribution in [0.4, 0.5) is 0 Å². The zero-order valence-corrected chi connectivity index (χ0v) is 15.8. The first-order valence-corrected chi connectivity index (χ1v) is 8.88. The molecular formula is C20H28N2O4. The first kappa shape index (κ1) is 19.8. The number of ether oxygens (including phenoxy) is 2. The molecule has 1 fully saturated rings. The zero-order chi connectivity index (χ0) is 19.1. The molecule has 1 aromatic carbocycles. The lowest BCUT2D eigenvalue weighted by Crippen LogP contribution is -2.44. The van der Waals surface area contributed by atoms with E-state index in [1.165, 1.54) is 0 Å². The first-order chi connectivity index (χ1) is 12.5. The zero-order valence-electron chi connectivity index (χ0n) is 15.8. The lowest BCUT2D eigenvalue weighted by molar-refractivity contribution is -0.134. The van der Waals surface area contributed by atoms with Crippen molar-refractivity contribution in [1.29, 1.82) is 0 Å². The Hall–Kier alpha value is -2.50. The summed E-state index contributed by atoms with van der Waals surface area (Å²) in [6, 6.07) is 3.86. The van der Waals surface area contributed by atoms with Gasteiger partial charge in [0.2, 0.25) is 11.8 Å². The van der Waals surface area contributed by atoms with Crippen LogP contribution >= 0.6 is 0 Å². The Labute approximate surface area is 155 Å². The van der Waals surface area contributed by atoms with Crippen LogP contribution in [0.3, 0.4) is 0 Å². The molecular weight excluding hydrogens is 332 g/mol. The van der Waals surface area contributed by atoms with Crippen LogP contribution in [0.1, 0.15) is 30.9 Å². The average molecular weight is 360 g/mol. The number of carbonyl (C=O) groups is 2. The SMILES string of the molecule is C=CCc1cc(CNC(=O)[C@@H]2CCCN(C(C)=O)C2)cc(OC)c1OC. The maximum atomic E-state index is 12.5. The predicted octanol–water partition coefficient (Wildman–Crippen LogP) is 2.31. The van der Waals surface area contributed by atoms with Gasteiger partial charge < -0.3 is 19.7 Å². The number of likely N-dealkylation sites (tertiary alicyclic amines) is 1. The second kappa shape index (κ2) is 9.27. The molecule has 1 aromatic rings. The highest BCUT2D eigenvalue weighted by atomic mass is 16.5. The fourth-order valence-corrected chi connectivity index (χ4v) is 3.33. The molecule has 1 atom stereocenters. The van der Waals surface area contributed by atoms with Gasteiger partial charge >= 0.3 is 0 Å². The molecule has 26 heavy (non-hydrogen) atoms. The predicted molar refractivity (Wildman–Crippen MR) is 100 cm³/mol. The smallest absolute Gasteiger partial charge is 0.225 e. The van der Waals surface area contributed by atoms with Crippen LogP contribution in [0.25, 0.3) is 0 Å². The number of methoxy groups -OCH3 is 2. The van der Waals surface area contributed by atoms with Crippen LogP contribution in [-0.2, 0) is 22.6 Å². The maximum absolute atomic E-state index is 12.5. The van der Waals surface area contributed by atoms with Gasteiger partial charge in [0.25, 0.3) is 0 Å². The molecule has 6 heteroatoms. The highest BCUT2D eigenvalue weighted by molar-refractivity contribution is 5.80. The standard InChI is InChI=1S/C20H28N2O4/c1-5-7-16-10-15(11-18(25-3)19(16)26-4)12-21-20(24)17-8-6-9-22(13-17)14(2)23/h5,10-11,17H,1,6-9,12-13H2,2-4H3,(H,21,24)/t17-/m1/s1. The van der Waals surface area contributed by atoms with Crippen LogP contribution < -0.4 is 14.8 Å². The molecule has 2 rings (SSSR count). The lowest BCUT2D eigenvalue weighted by atomic mass is 9.97. The summed E-state index contributed by atoms with van der Waals surface area (Å²) < 4.78 is 10.8. The number of allylic oxidation sites excluding steroid dienone is 1. The topological polar surface area (TPSA) is 67.9 Å². The molecule has 0 saturated carbocycles. The van der Waals surface area contributed by atoms with Crippen LogP contribution in [-0.4, -0.2) is 44.0 Å². The number of rotatable bonds is 7. The second-order valence-corrected chi connectivity index (χ2v) is 6.51. The fraction of sp³-hybridized carbons (Fsp3) is 0.500. The summed E-state index contributed by atoms with van der Waals surface area (Å²) in [6.45, 7) is 6.95. The van der Waals surface area contributed by atoms with E-state index in [0.29, 0.717) is 31.0 Å². The minimum atomic E-state index is -0.152. The Morgan fingerprint density at radius 1 is 1.35 bits per heavy atom. The average Bonchev–Trinajstić information content (AvgIpc) is 2.65. The molecule has 6 nitrogen and oxygen atoms in total. The van der Waals surface area contributed by atoms with Gasteiger partial charge in [-0.1, -0.05) is 6.08 Å². The molecule has 0 aromatic heterocycles. The van der Waals surface area contributed by atoms with E-state index in [0.717, 1.165) is 30.5 Å². The number of piperidine rings is 1. The van der Waals surface area contributed by atoms with E-state index in [-0.39, 0.29) is 17.7 Å². The van der Waals surface area contributed by atoms with Crippen molar-refractivity contribution >= 4 is 11.8 Å². The Kier molecular flexibility index (Phi) is 7.06. The van der Waals surface area contributed by atoms with Crippen LogP contribution in [0, 0.1) is 5.92 Å². The molecule has 1 saturated heterocycles. The Morgan fingerprint density at radius 3 is 2.73 bits per heavy atom. The van der Waals surface area contributed by atoms with Gasteiger partial charge in [0.1, 0.15) is 0 Å². The van der Waals surface area contributed by atoms with Crippen molar-refractivity contribution in [2.75, 3.05) is 27.3 Å². The van der Waals surface area contributed by atoms with E-state index >= 15 is 0 Å². The fourth-order valence-electron chi connectivity index (χ4n) is 3.33. The van der Waals surface area contributed by atoms with Gasteiger partial charge in [-0.25, -0.2) is 0 Å². The monoisotopic (exact) mass is 360 g/mol. The largest absolute Gasteiger partial charge is 0.493 e. The van der Waals surface area contributed by atoms with E-state index in [1.54, 1.807) is 32.1 Å². The minimum Gasteiger partial charge on any atom is -0.493 e. The molecule has 1 aliphatic heterocycles. The summed E-state index contributed by atoms with van der Waals surface area (Å²) in [5, 5.41) is 2.99. The summed E-state index contributed by atoms with van der Waals surface area (Å²) >= 11 is 0. The number of amides is 2. The lowest BCUT2D eigenvalue weighted by Gasteiger charge is -2.31. The van der Waals surface area contributed by atoms with E-state index in [9.17, 15) is 9.59 Å². The highest BCUT2D eigenvalue weighted by Gasteiger charge is 2.26. The number of hydrogen-bond acceptors (Lipinski definition) is 4. The van der Waals surface area contributed by atoms with E-state index < -0.39 is 0 Å². The van der Waals surface area contributed by atoms with Gasteiger partial charge in [0.05, 0.1) is 20.1 Å².